The molecular formula is C39H42N6O3. The third-order valence-electron chi connectivity index (χ3n) is 10.1. The standard InChI is InChI=1S/C39H42N6O3/c1-23(2)43(6)22-36(46)45-20-34-35(21-45)47-38(42-34)31-11-7-9-29(25(31)4)30-10-8-12-32(26(30)5)39-41-33-16-27(15-28(17-40)37(33)48-39)19-44-14-13-24(3)18-44/h7-12,15-16,23-24H,13-14,18-22H2,1-6H3/t24-/m0/s1. The Kier molecular flexibility index (Phi) is 8.40. The number of carbonyl (C=O) groups is 1. The van der Waals surface area contributed by atoms with Gasteiger partial charge >= 0.3 is 0 Å². The number of nitriles is 1. The summed E-state index contributed by atoms with van der Waals surface area (Å²) in [5.74, 6) is 2.60. The first-order chi connectivity index (χ1) is 23.1. The molecule has 0 spiro atoms. The van der Waals surface area contributed by atoms with Crippen molar-refractivity contribution in [1.29, 1.82) is 5.26 Å². The quantitative estimate of drug-likeness (QED) is 0.173. The number of oxazole rings is 2. The van der Waals surface area contributed by atoms with Gasteiger partial charge in [-0.25, -0.2) is 9.97 Å². The van der Waals surface area contributed by atoms with Crippen LogP contribution in [0.15, 0.2) is 57.4 Å². The van der Waals surface area contributed by atoms with E-state index in [0.29, 0.717) is 60.0 Å². The molecule has 1 saturated heterocycles. The largest absolute Gasteiger partial charge is 0.439 e. The van der Waals surface area contributed by atoms with E-state index < -0.39 is 0 Å². The number of rotatable bonds is 8. The molecule has 1 amide bonds. The highest BCUT2D eigenvalue weighted by Crippen LogP contribution is 2.39. The lowest BCUT2D eigenvalue weighted by atomic mass is 9.91. The van der Waals surface area contributed by atoms with E-state index in [-0.39, 0.29) is 5.91 Å². The van der Waals surface area contributed by atoms with Gasteiger partial charge in [-0.2, -0.15) is 5.26 Å². The van der Waals surface area contributed by atoms with Gasteiger partial charge in [-0.15, -0.1) is 0 Å². The molecule has 1 fully saturated rings. The van der Waals surface area contributed by atoms with Crippen molar-refractivity contribution in [1.82, 2.24) is 24.7 Å². The number of amides is 1. The fraction of sp³-hybridized carbons (Fsp3) is 0.385. The molecule has 5 aromatic rings. The van der Waals surface area contributed by atoms with E-state index in [1.165, 1.54) is 6.42 Å². The molecule has 0 unspecified atom stereocenters. The normalized spacial score (nSPS) is 16.4. The summed E-state index contributed by atoms with van der Waals surface area (Å²) in [6.45, 7) is 14.8. The van der Waals surface area contributed by atoms with Crippen molar-refractivity contribution in [2.45, 2.75) is 66.7 Å². The van der Waals surface area contributed by atoms with Gasteiger partial charge in [0.05, 0.1) is 25.2 Å². The predicted molar refractivity (Wildman–Crippen MR) is 186 cm³/mol. The highest BCUT2D eigenvalue weighted by molar-refractivity contribution is 5.85. The Balaban J connectivity index is 1.16. The lowest BCUT2D eigenvalue weighted by Crippen LogP contribution is -2.38. The van der Waals surface area contributed by atoms with E-state index >= 15 is 0 Å². The van der Waals surface area contributed by atoms with Crippen LogP contribution in [0.25, 0.3) is 45.1 Å². The summed E-state index contributed by atoms with van der Waals surface area (Å²) >= 11 is 0. The van der Waals surface area contributed by atoms with Crippen molar-refractivity contribution < 1.29 is 13.6 Å². The second-order valence-corrected chi connectivity index (χ2v) is 13.9. The minimum atomic E-state index is 0.0782. The predicted octanol–water partition coefficient (Wildman–Crippen LogP) is 7.33. The molecule has 7 rings (SSSR count). The van der Waals surface area contributed by atoms with Crippen LogP contribution < -0.4 is 0 Å². The molecule has 2 aromatic heterocycles. The minimum absolute atomic E-state index is 0.0782. The van der Waals surface area contributed by atoms with E-state index in [1.807, 2.05) is 47.2 Å². The van der Waals surface area contributed by atoms with Crippen molar-refractivity contribution >= 4 is 17.0 Å². The third-order valence-corrected chi connectivity index (χ3v) is 10.1. The van der Waals surface area contributed by atoms with Crippen molar-refractivity contribution in [2.24, 2.45) is 5.92 Å². The lowest BCUT2D eigenvalue weighted by molar-refractivity contribution is -0.133. The highest BCUT2D eigenvalue weighted by Gasteiger charge is 2.30. The van der Waals surface area contributed by atoms with Crippen LogP contribution in [0.5, 0.6) is 0 Å². The van der Waals surface area contributed by atoms with Crippen molar-refractivity contribution in [3.05, 3.63) is 82.2 Å². The van der Waals surface area contributed by atoms with E-state index in [0.717, 1.165) is 70.0 Å². The first kappa shape index (κ1) is 31.8. The van der Waals surface area contributed by atoms with Crippen LogP contribution in [0, 0.1) is 31.1 Å². The van der Waals surface area contributed by atoms with Crippen LogP contribution in [0.1, 0.15) is 60.9 Å². The summed E-state index contributed by atoms with van der Waals surface area (Å²) in [6.07, 6.45) is 1.21. The Hall–Kier alpha value is -4.78. The van der Waals surface area contributed by atoms with Gasteiger partial charge in [0, 0.05) is 30.3 Å². The molecule has 246 valence electrons. The van der Waals surface area contributed by atoms with E-state index in [9.17, 15) is 10.1 Å². The molecule has 4 heterocycles. The monoisotopic (exact) mass is 642 g/mol. The van der Waals surface area contributed by atoms with Crippen LogP contribution >= 0.6 is 0 Å². The number of likely N-dealkylation sites (tertiary alicyclic amines) is 1. The van der Waals surface area contributed by atoms with Gasteiger partial charge in [-0.1, -0.05) is 31.2 Å². The number of likely N-dealkylation sites (N-methyl/N-ethyl adjacent to an activating group) is 1. The number of benzene rings is 3. The first-order valence-corrected chi connectivity index (χ1v) is 16.8. The van der Waals surface area contributed by atoms with Crippen LogP contribution in [-0.2, 0) is 24.4 Å². The van der Waals surface area contributed by atoms with E-state index in [1.54, 1.807) is 0 Å². The topological polar surface area (TPSA) is 103 Å². The number of fused-ring (bicyclic) bond motifs is 2. The maximum atomic E-state index is 12.9. The zero-order valence-electron chi connectivity index (χ0n) is 28.6. The maximum Gasteiger partial charge on any atom is 0.237 e. The molecule has 0 radical (unpaired) electrons. The first-order valence-electron chi connectivity index (χ1n) is 16.8. The number of nitrogens with zero attached hydrogens (tertiary/aromatic N) is 6. The molecular weight excluding hydrogens is 600 g/mol. The summed E-state index contributed by atoms with van der Waals surface area (Å²) in [6, 6.07) is 18.9. The zero-order valence-corrected chi connectivity index (χ0v) is 28.6. The molecule has 9 heteroatoms. The molecule has 0 saturated carbocycles. The molecule has 2 aliphatic rings. The fourth-order valence-corrected chi connectivity index (χ4v) is 6.95. The molecule has 48 heavy (non-hydrogen) atoms. The van der Waals surface area contributed by atoms with E-state index in [2.05, 4.69) is 63.8 Å². The van der Waals surface area contributed by atoms with Gasteiger partial charge in [0.15, 0.2) is 5.58 Å². The summed E-state index contributed by atoms with van der Waals surface area (Å²) in [4.78, 5) is 28.9. The summed E-state index contributed by atoms with van der Waals surface area (Å²) in [5, 5.41) is 9.98. The third kappa shape index (κ3) is 5.91. The Morgan fingerprint density at radius 2 is 1.67 bits per heavy atom. The van der Waals surface area contributed by atoms with Crippen LogP contribution in [0.3, 0.4) is 0 Å². The zero-order chi connectivity index (χ0) is 33.7. The summed E-state index contributed by atoms with van der Waals surface area (Å²) < 4.78 is 12.6. The Bertz CT molecular complexity index is 2040. The Morgan fingerprint density at radius 1 is 1.00 bits per heavy atom. The van der Waals surface area contributed by atoms with Crippen molar-refractivity contribution in [2.75, 3.05) is 26.7 Å². The number of hydrogen-bond acceptors (Lipinski definition) is 8. The molecule has 9 nitrogen and oxygen atoms in total. The van der Waals surface area contributed by atoms with Crippen LogP contribution in [-0.4, -0.2) is 63.3 Å². The Morgan fingerprint density at radius 3 is 2.27 bits per heavy atom. The highest BCUT2D eigenvalue weighted by atomic mass is 16.4. The van der Waals surface area contributed by atoms with Gasteiger partial charge in [0.1, 0.15) is 23.0 Å². The van der Waals surface area contributed by atoms with Gasteiger partial charge in [0.2, 0.25) is 17.7 Å². The van der Waals surface area contributed by atoms with Gasteiger partial charge in [-0.05, 0) is 106 Å². The van der Waals surface area contributed by atoms with Crippen molar-refractivity contribution in [3.63, 3.8) is 0 Å². The van der Waals surface area contributed by atoms with E-state index in [4.69, 9.17) is 18.8 Å². The average molecular weight is 643 g/mol. The van der Waals surface area contributed by atoms with Gasteiger partial charge in [0.25, 0.3) is 0 Å². The lowest BCUT2D eigenvalue weighted by Gasteiger charge is -2.23. The van der Waals surface area contributed by atoms with Crippen molar-refractivity contribution in [3.8, 4) is 40.1 Å². The average Bonchev–Trinajstić information content (AvgIpc) is 3.85. The number of aromatic nitrogens is 2. The summed E-state index contributed by atoms with van der Waals surface area (Å²) in [7, 11) is 1.96. The second kappa shape index (κ2) is 12.7. The smallest absolute Gasteiger partial charge is 0.237 e. The molecule has 3 aromatic carbocycles. The van der Waals surface area contributed by atoms with Gasteiger partial charge in [-0.3, -0.25) is 14.6 Å². The Labute approximate surface area is 281 Å². The molecule has 0 bridgehead atoms. The minimum Gasteiger partial charge on any atom is -0.439 e. The molecule has 0 N–H and O–H groups in total. The molecule has 2 aliphatic heterocycles. The number of hydrogen-bond donors (Lipinski definition) is 0. The SMILES string of the molecule is Cc1c(-c2nc3c(o2)CN(C(=O)CN(C)C(C)C)C3)cccc1-c1cccc(-c2nc3cc(CN4CC[C@H](C)C4)cc(C#N)c3o2)c1C. The fourth-order valence-electron chi connectivity index (χ4n) is 6.95. The molecule has 0 aliphatic carbocycles. The van der Waals surface area contributed by atoms with Crippen LogP contribution in [0.2, 0.25) is 0 Å². The number of carbonyl (C=O) groups excluding carboxylic acids is 1. The summed E-state index contributed by atoms with van der Waals surface area (Å²) in [5.41, 5.74) is 9.66. The van der Waals surface area contributed by atoms with Crippen LogP contribution in [0.4, 0.5) is 0 Å². The van der Waals surface area contributed by atoms with Gasteiger partial charge < -0.3 is 13.7 Å². The second-order valence-electron chi connectivity index (χ2n) is 13.9. The molecule has 1 atom stereocenters. The maximum absolute atomic E-state index is 12.9.